The van der Waals surface area contributed by atoms with Gasteiger partial charge in [0.1, 0.15) is 0 Å². The Hall–Kier alpha value is -1.56. The molecule has 2 N–H and O–H groups in total. The topological polar surface area (TPSA) is 78.9 Å². The monoisotopic (exact) mass is 216 g/mol. The van der Waals surface area contributed by atoms with E-state index in [1.807, 2.05) is 5.48 Å². The van der Waals surface area contributed by atoms with Crippen molar-refractivity contribution in [1.29, 1.82) is 0 Å². The van der Waals surface area contributed by atoms with Crippen LogP contribution in [-0.2, 0) is 9.63 Å². The maximum Gasteiger partial charge on any atom is 0.341 e. The molecule has 15 heavy (non-hydrogen) atoms. The van der Waals surface area contributed by atoms with Crippen LogP contribution in [-0.4, -0.2) is 41.7 Å². The number of carbonyl (C=O) groups excluding carboxylic acids is 1. The van der Waals surface area contributed by atoms with Crippen molar-refractivity contribution in [3.63, 3.8) is 0 Å². The molecule has 0 saturated carbocycles. The van der Waals surface area contributed by atoms with E-state index in [0.717, 1.165) is 5.57 Å². The van der Waals surface area contributed by atoms with Gasteiger partial charge < -0.3 is 10.0 Å². The van der Waals surface area contributed by atoms with E-state index >= 15 is 0 Å². The molecule has 0 aromatic rings. The zero-order chi connectivity index (χ0) is 11.8. The van der Waals surface area contributed by atoms with Crippen LogP contribution in [0.15, 0.2) is 12.2 Å². The fraction of sp³-hybridized carbons (Fsp3) is 0.556. The van der Waals surface area contributed by atoms with Crippen LogP contribution >= 0.6 is 0 Å². The average molecular weight is 216 g/mol. The van der Waals surface area contributed by atoms with Crippen molar-refractivity contribution in [2.45, 2.75) is 13.8 Å². The van der Waals surface area contributed by atoms with E-state index in [9.17, 15) is 9.59 Å². The Morgan fingerprint density at radius 1 is 1.53 bits per heavy atom. The summed E-state index contributed by atoms with van der Waals surface area (Å²) in [4.78, 5) is 27.3. The zero-order valence-corrected chi connectivity index (χ0v) is 8.95. The van der Waals surface area contributed by atoms with Crippen molar-refractivity contribution in [1.82, 2.24) is 10.4 Å². The van der Waals surface area contributed by atoms with Gasteiger partial charge in [0.05, 0.1) is 0 Å². The molecule has 0 aromatic heterocycles. The van der Waals surface area contributed by atoms with Crippen molar-refractivity contribution in [2.24, 2.45) is 0 Å². The van der Waals surface area contributed by atoms with Crippen molar-refractivity contribution in [3.05, 3.63) is 12.2 Å². The number of likely N-dealkylation sites (N-methyl/N-ethyl adjacent to an activating group) is 1. The number of urea groups is 1. The maximum atomic E-state index is 11.3. The number of hydrogen-bond donors (Lipinski definition) is 2. The summed E-state index contributed by atoms with van der Waals surface area (Å²) in [7, 11) is 0. The van der Waals surface area contributed by atoms with E-state index in [1.165, 1.54) is 4.90 Å². The fourth-order valence-electron chi connectivity index (χ4n) is 0.877. The SMILES string of the molecule is C=C(C)CN(CC)C(=O)NOCC(=O)O. The van der Waals surface area contributed by atoms with Crippen LogP contribution < -0.4 is 5.48 Å². The summed E-state index contributed by atoms with van der Waals surface area (Å²) >= 11 is 0. The Morgan fingerprint density at radius 3 is 2.53 bits per heavy atom. The minimum Gasteiger partial charge on any atom is -0.479 e. The molecule has 0 spiro atoms. The van der Waals surface area contributed by atoms with E-state index in [-0.39, 0.29) is 0 Å². The molecule has 2 amide bonds. The highest BCUT2D eigenvalue weighted by Crippen LogP contribution is 1.95. The number of amides is 2. The Labute approximate surface area is 88.5 Å². The van der Waals surface area contributed by atoms with Crippen molar-refractivity contribution < 1.29 is 19.5 Å². The van der Waals surface area contributed by atoms with Crippen LogP contribution in [0.2, 0.25) is 0 Å². The number of nitrogens with zero attached hydrogens (tertiary/aromatic N) is 1. The second-order valence-electron chi connectivity index (χ2n) is 3.06. The molecular formula is C9H16N2O4. The first-order valence-corrected chi connectivity index (χ1v) is 4.50. The molecule has 6 heteroatoms. The van der Waals surface area contributed by atoms with E-state index in [0.29, 0.717) is 13.1 Å². The molecular weight excluding hydrogens is 200 g/mol. The highest BCUT2D eigenvalue weighted by atomic mass is 16.7. The summed E-state index contributed by atoms with van der Waals surface area (Å²) in [5.74, 6) is -1.14. The van der Waals surface area contributed by atoms with Gasteiger partial charge in [0, 0.05) is 13.1 Å². The summed E-state index contributed by atoms with van der Waals surface area (Å²) in [6, 6.07) is -0.471. The largest absolute Gasteiger partial charge is 0.479 e. The highest BCUT2D eigenvalue weighted by Gasteiger charge is 2.11. The lowest BCUT2D eigenvalue weighted by Crippen LogP contribution is -2.41. The predicted molar refractivity (Wildman–Crippen MR) is 54.2 cm³/mol. The second kappa shape index (κ2) is 6.83. The van der Waals surface area contributed by atoms with Crippen molar-refractivity contribution >= 4 is 12.0 Å². The van der Waals surface area contributed by atoms with Gasteiger partial charge in [-0.2, -0.15) is 0 Å². The predicted octanol–water partition coefficient (Wildman–Crippen LogP) is 0.610. The van der Waals surface area contributed by atoms with Crippen LogP contribution in [0.3, 0.4) is 0 Å². The van der Waals surface area contributed by atoms with Crippen LogP contribution in [0, 0.1) is 0 Å². The van der Waals surface area contributed by atoms with Gasteiger partial charge in [0.2, 0.25) is 0 Å². The molecule has 0 aliphatic heterocycles. The van der Waals surface area contributed by atoms with Crippen molar-refractivity contribution in [3.8, 4) is 0 Å². The number of carbonyl (C=O) groups is 2. The number of carboxylic acids is 1. The van der Waals surface area contributed by atoms with Gasteiger partial charge >= 0.3 is 12.0 Å². The molecule has 86 valence electrons. The third-order valence-electron chi connectivity index (χ3n) is 1.48. The van der Waals surface area contributed by atoms with Crippen LogP contribution in [0.1, 0.15) is 13.8 Å². The van der Waals surface area contributed by atoms with Gasteiger partial charge in [0.15, 0.2) is 6.61 Å². The van der Waals surface area contributed by atoms with E-state index in [1.54, 1.807) is 13.8 Å². The smallest absolute Gasteiger partial charge is 0.341 e. The molecule has 0 atom stereocenters. The lowest BCUT2D eigenvalue weighted by Gasteiger charge is -2.20. The lowest BCUT2D eigenvalue weighted by molar-refractivity contribution is -0.144. The molecule has 0 rings (SSSR count). The number of hydrogen-bond acceptors (Lipinski definition) is 3. The molecule has 0 radical (unpaired) electrons. The standard InChI is InChI=1S/C9H16N2O4/c1-4-11(5-7(2)3)9(14)10-15-6-8(12)13/h2,4-6H2,1,3H3,(H,10,14)(H,12,13). The Bertz CT molecular complexity index is 252. The number of carboxylic acid groups (broad SMARTS) is 1. The minimum atomic E-state index is -1.14. The number of hydroxylamine groups is 1. The Balaban J connectivity index is 3.93. The summed E-state index contributed by atoms with van der Waals surface area (Å²) in [6.07, 6.45) is 0. The molecule has 0 fully saturated rings. The number of rotatable bonds is 6. The summed E-state index contributed by atoms with van der Waals surface area (Å²) in [6.45, 7) is 7.63. The summed E-state index contributed by atoms with van der Waals surface area (Å²) < 4.78 is 0. The number of nitrogens with one attached hydrogen (secondary N) is 1. The highest BCUT2D eigenvalue weighted by molar-refractivity contribution is 5.74. The first kappa shape index (κ1) is 13.4. The van der Waals surface area contributed by atoms with Crippen LogP contribution in [0.25, 0.3) is 0 Å². The Kier molecular flexibility index (Phi) is 6.12. The zero-order valence-electron chi connectivity index (χ0n) is 8.95. The first-order chi connectivity index (χ1) is 6.97. The van der Waals surface area contributed by atoms with Crippen LogP contribution in [0.5, 0.6) is 0 Å². The van der Waals surface area contributed by atoms with E-state index < -0.39 is 18.6 Å². The molecule has 0 saturated heterocycles. The second-order valence-corrected chi connectivity index (χ2v) is 3.06. The molecule has 6 nitrogen and oxygen atoms in total. The minimum absolute atomic E-state index is 0.415. The van der Waals surface area contributed by atoms with E-state index in [2.05, 4.69) is 11.4 Å². The normalized spacial score (nSPS) is 9.47. The van der Waals surface area contributed by atoms with Gasteiger partial charge in [-0.25, -0.2) is 15.1 Å². The number of aliphatic carboxylic acids is 1. The van der Waals surface area contributed by atoms with E-state index in [4.69, 9.17) is 5.11 Å². The lowest BCUT2D eigenvalue weighted by atomic mass is 10.3. The maximum absolute atomic E-state index is 11.3. The molecule has 0 heterocycles. The third kappa shape index (κ3) is 6.50. The molecule has 0 bridgehead atoms. The third-order valence-corrected chi connectivity index (χ3v) is 1.48. The summed E-state index contributed by atoms with van der Waals surface area (Å²) in [5.41, 5.74) is 2.87. The van der Waals surface area contributed by atoms with Gasteiger partial charge in [-0.1, -0.05) is 12.2 Å². The van der Waals surface area contributed by atoms with Crippen molar-refractivity contribution in [2.75, 3.05) is 19.7 Å². The molecule has 0 unspecified atom stereocenters. The van der Waals surface area contributed by atoms with Gasteiger partial charge in [-0.3, -0.25) is 4.84 Å². The average Bonchev–Trinajstić information content (AvgIpc) is 2.13. The first-order valence-electron chi connectivity index (χ1n) is 4.50. The molecule has 0 aromatic carbocycles. The Morgan fingerprint density at radius 2 is 2.13 bits per heavy atom. The fourth-order valence-corrected chi connectivity index (χ4v) is 0.877. The van der Waals surface area contributed by atoms with Crippen LogP contribution in [0.4, 0.5) is 4.79 Å². The van der Waals surface area contributed by atoms with Gasteiger partial charge in [-0.15, -0.1) is 0 Å². The molecule has 0 aliphatic rings. The summed E-state index contributed by atoms with van der Waals surface area (Å²) in [5, 5.41) is 8.26. The van der Waals surface area contributed by atoms with Gasteiger partial charge in [0.25, 0.3) is 0 Å². The quantitative estimate of drug-likeness (QED) is 0.503. The molecule has 0 aliphatic carbocycles. The van der Waals surface area contributed by atoms with Gasteiger partial charge in [-0.05, 0) is 13.8 Å².